The van der Waals surface area contributed by atoms with Crippen molar-refractivity contribution in [3.05, 3.63) is 35.2 Å². The van der Waals surface area contributed by atoms with Gasteiger partial charge in [0.25, 0.3) is 0 Å². The first-order valence-electron chi connectivity index (χ1n) is 4.55. The van der Waals surface area contributed by atoms with Crippen LogP contribution in [0.5, 0.6) is 5.75 Å². The lowest BCUT2D eigenvalue weighted by Gasteiger charge is -2.20. The second kappa shape index (κ2) is 3.71. The molecule has 0 aliphatic rings. The standard InChI is InChI=1S/C12H15NO/c1-12(2,3)9-6-7-10(13-4)11(8-9)14-5/h6-8H,1-3,5H3. The monoisotopic (exact) mass is 189 g/mol. The van der Waals surface area contributed by atoms with Crippen LogP contribution in [-0.2, 0) is 5.41 Å². The largest absolute Gasteiger partial charge is 0.508 e. The minimum Gasteiger partial charge on any atom is -0.508 e. The van der Waals surface area contributed by atoms with Crippen LogP contribution >= 0.6 is 0 Å². The average molecular weight is 189 g/mol. The summed E-state index contributed by atoms with van der Waals surface area (Å²) in [5.74, 6) is 0.660. The molecule has 0 saturated carbocycles. The molecule has 0 radical (unpaired) electrons. The highest BCUT2D eigenvalue weighted by Crippen LogP contribution is 2.32. The van der Waals surface area contributed by atoms with Crippen molar-refractivity contribution in [1.82, 2.24) is 0 Å². The van der Waals surface area contributed by atoms with Gasteiger partial charge < -0.3 is 4.74 Å². The predicted molar refractivity (Wildman–Crippen MR) is 58.0 cm³/mol. The first kappa shape index (κ1) is 10.6. The number of rotatable bonds is 1. The first-order chi connectivity index (χ1) is 6.49. The van der Waals surface area contributed by atoms with E-state index >= 15 is 0 Å². The second-order valence-electron chi connectivity index (χ2n) is 4.25. The Morgan fingerprint density at radius 2 is 1.93 bits per heavy atom. The van der Waals surface area contributed by atoms with Gasteiger partial charge in [-0.2, -0.15) is 0 Å². The SMILES string of the molecule is [C-]#[N+]c1ccc(C(C)(C)C)cc1OC. The Labute approximate surface area is 85.3 Å². The van der Waals surface area contributed by atoms with E-state index in [1.54, 1.807) is 7.11 Å². The van der Waals surface area contributed by atoms with Crippen molar-refractivity contribution >= 4 is 5.69 Å². The predicted octanol–water partition coefficient (Wildman–Crippen LogP) is 3.54. The van der Waals surface area contributed by atoms with E-state index in [2.05, 4.69) is 25.6 Å². The van der Waals surface area contributed by atoms with Crippen LogP contribution in [0.1, 0.15) is 26.3 Å². The quantitative estimate of drug-likeness (QED) is 0.616. The Bertz CT molecular complexity index is 369. The summed E-state index contributed by atoms with van der Waals surface area (Å²) >= 11 is 0. The van der Waals surface area contributed by atoms with Gasteiger partial charge in [-0.25, -0.2) is 4.85 Å². The third kappa shape index (κ3) is 2.05. The Hall–Kier alpha value is -1.49. The molecule has 0 fully saturated rings. The molecular formula is C12H15NO. The summed E-state index contributed by atoms with van der Waals surface area (Å²) in [6, 6.07) is 5.73. The molecule has 0 saturated heterocycles. The zero-order valence-corrected chi connectivity index (χ0v) is 9.09. The van der Waals surface area contributed by atoms with Gasteiger partial charge in [0.2, 0.25) is 5.69 Å². The molecule has 0 spiro atoms. The van der Waals surface area contributed by atoms with E-state index in [4.69, 9.17) is 11.3 Å². The molecule has 1 aromatic rings. The number of hydrogen-bond acceptors (Lipinski definition) is 1. The molecule has 0 unspecified atom stereocenters. The molecule has 2 nitrogen and oxygen atoms in total. The van der Waals surface area contributed by atoms with Gasteiger partial charge in [0.1, 0.15) is 5.75 Å². The lowest BCUT2D eigenvalue weighted by atomic mass is 9.87. The molecule has 2 heteroatoms. The van der Waals surface area contributed by atoms with Crippen LogP contribution in [0.15, 0.2) is 18.2 Å². The number of nitrogens with zero attached hydrogens (tertiary/aromatic N) is 1. The number of benzene rings is 1. The normalized spacial score (nSPS) is 10.8. The highest BCUT2D eigenvalue weighted by molar-refractivity contribution is 5.59. The topological polar surface area (TPSA) is 13.6 Å². The van der Waals surface area contributed by atoms with Crippen molar-refractivity contribution in [2.75, 3.05) is 7.11 Å². The van der Waals surface area contributed by atoms with Crippen molar-refractivity contribution in [3.8, 4) is 5.75 Å². The van der Waals surface area contributed by atoms with E-state index in [-0.39, 0.29) is 5.41 Å². The highest BCUT2D eigenvalue weighted by atomic mass is 16.5. The molecule has 0 amide bonds. The van der Waals surface area contributed by atoms with Crippen LogP contribution in [0.3, 0.4) is 0 Å². The maximum atomic E-state index is 6.96. The molecule has 1 rings (SSSR count). The first-order valence-corrected chi connectivity index (χ1v) is 4.55. The fraction of sp³-hybridized carbons (Fsp3) is 0.417. The summed E-state index contributed by atoms with van der Waals surface area (Å²) in [6.07, 6.45) is 0. The Kier molecular flexibility index (Phi) is 2.81. The lowest BCUT2D eigenvalue weighted by molar-refractivity contribution is 0.415. The number of ether oxygens (including phenoxy) is 1. The van der Waals surface area contributed by atoms with Gasteiger partial charge in [-0.05, 0) is 17.0 Å². The lowest BCUT2D eigenvalue weighted by Crippen LogP contribution is -2.10. The number of methoxy groups -OCH3 is 1. The van der Waals surface area contributed by atoms with Gasteiger partial charge >= 0.3 is 0 Å². The molecule has 0 N–H and O–H groups in total. The van der Waals surface area contributed by atoms with E-state index < -0.39 is 0 Å². The molecule has 0 heterocycles. The molecule has 0 aromatic heterocycles. The van der Waals surface area contributed by atoms with Crippen LogP contribution < -0.4 is 4.74 Å². The van der Waals surface area contributed by atoms with Crippen molar-refractivity contribution in [1.29, 1.82) is 0 Å². The highest BCUT2D eigenvalue weighted by Gasteiger charge is 2.15. The molecular weight excluding hydrogens is 174 g/mol. The van der Waals surface area contributed by atoms with Crippen molar-refractivity contribution < 1.29 is 4.74 Å². The average Bonchev–Trinajstić information content (AvgIpc) is 2.15. The van der Waals surface area contributed by atoms with E-state index in [9.17, 15) is 0 Å². The van der Waals surface area contributed by atoms with Crippen LogP contribution in [0.4, 0.5) is 5.69 Å². The van der Waals surface area contributed by atoms with Gasteiger partial charge in [0, 0.05) is 0 Å². The van der Waals surface area contributed by atoms with Crippen LogP contribution in [0.2, 0.25) is 0 Å². The Morgan fingerprint density at radius 1 is 1.29 bits per heavy atom. The molecule has 0 bridgehead atoms. The van der Waals surface area contributed by atoms with Gasteiger partial charge in [-0.15, -0.1) is 0 Å². The van der Waals surface area contributed by atoms with E-state index in [1.807, 2.05) is 18.2 Å². The summed E-state index contributed by atoms with van der Waals surface area (Å²) in [7, 11) is 1.59. The maximum absolute atomic E-state index is 6.96. The molecule has 1 aromatic carbocycles. The fourth-order valence-electron chi connectivity index (χ4n) is 1.24. The van der Waals surface area contributed by atoms with Crippen LogP contribution in [-0.4, -0.2) is 7.11 Å². The fourth-order valence-corrected chi connectivity index (χ4v) is 1.24. The molecule has 14 heavy (non-hydrogen) atoms. The van der Waals surface area contributed by atoms with Crippen molar-refractivity contribution in [2.24, 2.45) is 0 Å². The van der Waals surface area contributed by atoms with Gasteiger partial charge in [0.05, 0.1) is 13.7 Å². The van der Waals surface area contributed by atoms with E-state index in [0.29, 0.717) is 11.4 Å². The summed E-state index contributed by atoms with van der Waals surface area (Å²) in [5, 5.41) is 0. The third-order valence-corrected chi connectivity index (χ3v) is 2.17. The Balaban J connectivity index is 3.23. The van der Waals surface area contributed by atoms with Crippen LogP contribution in [0, 0.1) is 6.57 Å². The van der Waals surface area contributed by atoms with Crippen LogP contribution in [0.25, 0.3) is 4.85 Å². The van der Waals surface area contributed by atoms with Gasteiger partial charge in [-0.1, -0.05) is 32.9 Å². The van der Waals surface area contributed by atoms with Gasteiger partial charge in [-0.3, -0.25) is 0 Å². The summed E-state index contributed by atoms with van der Waals surface area (Å²) < 4.78 is 5.16. The van der Waals surface area contributed by atoms with E-state index in [1.165, 1.54) is 5.56 Å². The Morgan fingerprint density at radius 3 is 2.36 bits per heavy atom. The van der Waals surface area contributed by atoms with E-state index in [0.717, 1.165) is 0 Å². The second-order valence-corrected chi connectivity index (χ2v) is 4.25. The van der Waals surface area contributed by atoms with Crippen molar-refractivity contribution in [3.63, 3.8) is 0 Å². The molecule has 74 valence electrons. The molecule has 0 atom stereocenters. The zero-order valence-electron chi connectivity index (χ0n) is 9.09. The third-order valence-electron chi connectivity index (χ3n) is 2.17. The summed E-state index contributed by atoms with van der Waals surface area (Å²) in [5.41, 5.74) is 1.84. The smallest absolute Gasteiger partial charge is 0.228 e. The number of hydrogen-bond donors (Lipinski definition) is 0. The summed E-state index contributed by atoms with van der Waals surface area (Å²) in [4.78, 5) is 3.39. The summed E-state index contributed by atoms with van der Waals surface area (Å²) in [6.45, 7) is 13.4. The zero-order chi connectivity index (χ0) is 10.8. The maximum Gasteiger partial charge on any atom is 0.228 e. The van der Waals surface area contributed by atoms with Crippen molar-refractivity contribution in [2.45, 2.75) is 26.2 Å². The minimum absolute atomic E-state index is 0.0911. The van der Waals surface area contributed by atoms with Gasteiger partial charge in [0.15, 0.2) is 0 Å². The minimum atomic E-state index is 0.0911. The molecule has 0 aliphatic heterocycles. The molecule has 0 aliphatic carbocycles.